The lowest BCUT2D eigenvalue weighted by Crippen LogP contribution is -2.24. The van der Waals surface area contributed by atoms with Crippen LogP contribution in [0.1, 0.15) is 51.4 Å². The summed E-state index contributed by atoms with van der Waals surface area (Å²) < 4.78 is 2.32. The third-order valence-electron chi connectivity index (χ3n) is 4.25. The van der Waals surface area contributed by atoms with E-state index in [1.807, 2.05) is 12.1 Å². The summed E-state index contributed by atoms with van der Waals surface area (Å²) in [6.07, 6.45) is 7.26. The van der Waals surface area contributed by atoms with Crippen molar-refractivity contribution < 1.29 is 10.0 Å². The minimum Gasteiger partial charge on any atom is -0.328 e. The number of benzene rings is 1. The summed E-state index contributed by atoms with van der Waals surface area (Å²) in [5, 5.41) is 12.0. The Kier molecular flexibility index (Phi) is 7.81. The lowest BCUT2D eigenvalue weighted by atomic mass is 10.2. The van der Waals surface area contributed by atoms with E-state index in [2.05, 4.69) is 36.7 Å². The molecule has 2 rings (SSSR count). The van der Waals surface area contributed by atoms with Crippen LogP contribution in [-0.4, -0.2) is 33.3 Å². The summed E-state index contributed by atoms with van der Waals surface area (Å²) >= 11 is 0. The van der Waals surface area contributed by atoms with Crippen LogP contribution < -0.4 is 10.8 Å². The number of hydroxylamine groups is 1. The molecule has 0 saturated heterocycles. The number of nitrogens with zero attached hydrogens (tertiary/aromatic N) is 2. The summed E-state index contributed by atoms with van der Waals surface area (Å²) in [6.45, 7) is 8.43. The van der Waals surface area contributed by atoms with Gasteiger partial charge in [-0.3, -0.25) is 10.0 Å². The molecular formula is C20H30N4O2. The fourth-order valence-electron chi connectivity index (χ4n) is 2.91. The first-order chi connectivity index (χ1) is 12.5. The fourth-order valence-corrected chi connectivity index (χ4v) is 2.91. The molecule has 1 aromatic carbocycles. The predicted molar refractivity (Wildman–Crippen MR) is 105 cm³/mol. The van der Waals surface area contributed by atoms with Gasteiger partial charge in [0, 0.05) is 25.1 Å². The van der Waals surface area contributed by atoms with Crippen molar-refractivity contribution >= 4 is 23.0 Å². The zero-order valence-electron chi connectivity index (χ0n) is 16.0. The maximum atomic E-state index is 11.1. The summed E-state index contributed by atoms with van der Waals surface area (Å²) in [5.74, 6) is 0.581. The van der Waals surface area contributed by atoms with Crippen LogP contribution >= 0.6 is 0 Å². The van der Waals surface area contributed by atoms with Gasteiger partial charge in [0.15, 0.2) is 0 Å². The molecule has 6 nitrogen and oxygen atoms in total. The van der Waals surface area contributed by atoms with Gasteiger partial charge in [-0.15, -0.1) is 0 Å². The Bertz CT molecular complexity index is 750. The first-order valence-electron chi connectivity index (χ1n) is 9.39. The Balaban J connectivity index is 2.23. The van der Waals surface area contributed by atoms with Crippen LogP contribution in [-0.2, 0) is 17.8 Å². The quantitative estimate of drug-likeness (QED) is 0.264. The molecule has 1 heterocycles. The van der Waals surface area contributed by atoms with Gasteiger partial charge in [-0.2, -0.15) is 0 Å². The van der Waals surface area contributed by atoms with Crippen molar-refractivity contribution in [1.29, 1.82) is 0 Å². The van der Waals surface area contributed by atoms with Crippen LogP contribution in [0, 0.1) is 0 Å². The summed E-state index contributed by atoms with van der Waals surface area (Å²) in [7, 11) is 0. The summed E-state index contributed by atoms with van der Waals surface area (Å²) in [5.41, 5.74) is 4.55. The van der Waals surface area contributed by atoms with E-state index in [4.69, 9.17) is 10.2 Å². The predicted octanol–water partition coefficient (Wildman–Crippen LogP) is 3.29. The highest BCUT2D eigenvalue weighted by Gasteiger charge is 2.10. The van der Waals surface area contributed by atoms with Gasteiger partial charge in [0.1, 0.15) is 5.82 Å². The van der Waals surface area contributed by atoms with E-state index < -0.39 is 5.91 Å². The Hall–Kier alpha value is -2.18. The third kappa shape index (κ3) is 5.68. The molecule has 26 heavy (non-hydrogen) atoms. The molecule has 0 saturated carbocycles. The van der Waals surface area contributed by atoms with Crippen molar-refractivity contribution in [2.45, 2.75) is 59.0 Å². The van der Waals surface area contributed by atoms with Gasteiger partial charge in [-0.25, -0.2) is 10.5 Å². The number of fused-ring (bicyclic) bond motifs is 1. The number of rotatable bonds is 10. The number of carbonyl (C=O) groups is 1. The molecular weight excluding hydrogens is 328 g/mol. The number of nitrogens with one attached hydrogen (secondary N) is 2. The normalized spacial score (nSPS) is 11.7. The second-order valence-corrected chi connectivity index (χ2v) is 6.80. The first-order valence-corrected chi connectivity index (χ1v) is 9.39. The van der Waals surface area contributed by atoms with Gasteiger partial charge in [0.05, 0.1) is 11.0 Å². The Morgan fingerprint density at radius 3 is 2.85 bits per heavy atom. The van der Waals surface area contributed by atoms with Crippen LogP contribution in [0.15, 0.2) is 24.3 Å². The average Bonchev–Trinajstić information content (AvgIpc) is 2.98. The highest BCUT2D eigenvalue weighted by molar-refractivity contribution is 5.91. The number of aromatic nitrogens is 2. The lowest BCUT2D eigenvalue weighted by molar-refractivity contribution is -0.124. The van der Waals surface area contributed by atoms with E-state index in [0.29, 0.717) is 6.04 Å². The lowest BCUT2D eigenvalue weighted by Gasteiger charge is -2.11. The largest absolute Gasteiger partial charge is 0.328 e. The van der Waals surface area contributed by atoms with E-state index in [9.17, 15) is 4.79 Å². The minimum absolute atomic E-state index is 0.500. The molecule has 0 unspecified atom stereocenters. The number of imidazole rings is 1. The zero-order chi connectivity index (χ0) is 18.9. The van der Waals surface area contributed by atoms with E-state index >= 15 is 0 Å². The van der Waals surface area contributed by atoms with Crippen molar-refractivity contribution in [2.24, 2.45) is 0 Å². The monoisotopic (exact) mass is 358 g/mol. The zero-order valence-corrected chi connectivity index (χ0v) is 16.0. The van der Waals surface area contributed by atoms with Crippen molar-refractivity contribution in [2.75, 3.05) is 6.54 Å². The van der Waals surface area contributed by atoms with Crippen LogP contribution in [0.25, 0.3) is 17.1 Å². The number of hydrogen-bond donors (Lipinski definition) is 3. The molecule has 0 spiro atoms. The molecule has 0 aliphatic heterocycles. The van der Waals surface area contributed by atoms with E-state index in [-0.39, 0.29) is 0 Å². The van der Waals surface area contributed by atoms with E-state index in [0.717, 1.165) is 61.2 Å². The van der Waals surface area contributed by atoms with Crippen LogP contribution in [0.3, 0.4) is 0 Å². The minimum atomic E-state index is -0.545. The number of hydrogen-bond acceptors (Lipinski definition) is 4. The molecule has 0 fully saturated rings. The van der Waals surface area contributed by atoms with Gasteiger partial charge < -0.3 is 9.88 Å². The van der Waals surface area contributed by atoms with Gasteiger partial charge in [0.2, 0.25) is 0 Å². The standard InChI is InChI=1S/C20H30N4O2/c1-4-5-7-19-22-17-14-16(9-11-20(25)23-26)8-10-18(17)24(19)13-6-12-21-15(2)3/h8-11,14-15,21,26H,4-7,12-13H2,1-3H3,(H,23,25). The number of aryl methyl sites for hydroxylation is 2. The molecule has 1 aromatic heterocycles. The fraction of sp³-hybridized carbons (Fsp3) is 0.500. The highest BCUT2D eigenvalue weighted by Crippen LogP contribution is 2.20. The molecule has 0 radical (unpaired) electrons. The SMILES string of the molecule is CCCCc1nc2cc(C=CC(=O)NO)ccc2n1CCCNC(C)C. The molecule has 0 bridgehead atoms. The summed E-state index contributed by atoms with van der Waals surface area (Å²) in [6, 6.07) is 6.51. The van der Waals surface area contributed by atoms with Gasteiger partial charge in [0.25, 0.3) is 5.91 Å². The third-order valence-corrected chi connectivity index (χ3v) is 4.25. The van der Waals surface area contributed by atoms with Gasteiger partial charge >= 0.3 is 0 Å². The molecule has 0 atom stereocenters. The Morgan fingerprint density at radius 1 is 1.35 bits per heavy atom. The highest BCUT2D eigenvalue weighted by atomic mass is 16.5. The molecule has 6 heteroatoms. The summed E-state index contributed by atoms with van der Waals surface area (Å²) in [4.78, 5) is 16.0. The molecule has 1 amide bonds. The average molecular weight is 358 g/mol. The van der Waals surface area contributed by atoms with Gasteiger partial charge in [-0.05, 0) is 43.2 Å². The van der Waals surface area contributed by atoms with Crippen LogP contribution in [0.2, 0.25) is 0 Å². The maximum Gasteiger partial charge on any atom is 0.267 e. The maximum absolute atomic E-state index is 11.1. The van der Waals surface area contributed by atoms with Crippen LogP contribution in [0.4, 0.5) is 0 Å². The molecule has 3 N–H and O–H groups in total. The Morgan fingerprint density at radius 2 is 2.15 bits per heavy atom. The van der Waals surface area contributed by atoms with E-state index in [1.54, 1.807) is 11.6 Å². The molecule has 0 aliphatic rings. The second-order valence-electron chi connectivity index (χ2n) is 6.80. The molecule has 2 aromatic rings. The van der Waals surface area contributed by atoms with Gasteiger partial charge in [-0.1, -0.05) is 33.3 Å². The first kappa shape index (κ1) is 20.1. The van der Waals surface area contributed by atoms with Crippen molar-refractivity contribution in [1.82, 2.24) is 20.3 Å². The number of carbonyl (C=O) groups excluding carboxylic acids is 1. The topological polar surface area (TPSA) is 79.2 Å². The molecule has 0 aliphatic carbocycles. The van der Waals surface area contributed by atoms with Crippen molar-refractivity contribution in [3.05, 3.63) is 35.7 Å². The van der Waals surface area contributed by atoms with E-state index in [1.165, 1.54) is 6.08 Å². The number of unbranched alkanes of at least 4 members (excludes halogenated alkanes) is 1. The van der Waals surface area contributed by atoms with Crippen molar-refractivity contribution in [3.8, 4) is 0 Å². The Labute approximate surface area is 155 Å². The number of amides is 1. The second kappa shape index (κ2) is 10.1. The van der Waals surface area contributed by atoms with Crippen LogP contribution in [0.5, 0.6) is 0 Å². The van der Waals surface area contributed by atoms with Crippen molar-refractivity contribution in [3.63, 3.8) is 0 Å². The smallest absolute Gasteiger partial charge is 0.267 e. The molecule has 142 valence electrons.